The fourth-order valence-electron chi connectivity index (χ4n) is 3.08. The van der Waals surface area contributed by atoms with Gasteiger partial charge in [0.25, 0.3) is 5.91 Å². The Labute approximate surface area is 144 Å². The van der Waals surface area contributed by atoms with Crippen molar-refractivity contribution in [2.45, 2.75) is 38.5 Å². The average Bonchev–Trinajstić information content (AvgIpc) is 3.10. The Balaban J connectivity index is 1.84. The van der Waals surface area contributed by atoms with Crippen LogP contribution in [0.4, 0.5) is 4.39 Å². The predicted molar refractivity (Wildman–Crippen MR) is 87.0 cm³/mol. The number of halogens is 1. The maximum atomic E-state index is 13.9. The maximum absolute atomic E-state index is 13.9. The standard InChI is InChI=1S/C17H21FN4O3/c1-25-10-15-19-16(21-20-15)14-4-2-3-7-22(14)17(24)11-5-6-12(9-23)13(18)8-11/h5-6,8,14,23H,2-4,7,9-10H2,1H3,(H,19,20,21)/t14-/m0/s1. The monoisotopic (exact) mass is 348 g/mol. The lowest BCUT2D eigenvalue weighted by atomic mass is 10.00. The van der Waals surface area contributed by atoms with Crippen LogP contribution in [0.5, 0.6) is 0 Å². The third kappa shape index (κ3) is 3.69. The van der Waals surface area contributed by atoms with Crippen LogP contribution in [0.1, 0.15) is 52.9 Å². The van der Waals surface area contributed by atoms with Crippen molar-refractivity contribution in [3.63, 3.8) is 0 Å². The molecule has 0 aliphatic carbocycles. The van der Waals surface area contributed by atoms with Crippen molar-refractivity contribution in [2.24, 2.45) is 0 Å². The van der Waals surface area contributed by atoms with Gasteiger partial charge in [0.1, 0.15) is 12.4 Å². The molecule has 2 N–H and O–H groups in total. The number of hydrogen-bond acceptors (Lipinski definition) is 5. The second kappa shape index (κ2) is 7.71. The zero-order chi connectivity index (χ0) is 17.8. The summed E-state index contributed by atoms with van der Waals surface area (Å²) in [6.07, 6.45) is 2.61. The van der Waals surface area contributed by atoms with E-state index < -0.39 is 12.4 Å². The van der Waals surface area contributed by atoms with Gasteiger partial charge in [0.2, 0.25) is 0 Å². The Morgan fingerprint density at radius 2 is 2.32 bits per heavy atom. The fourth-order valence-corrected chi connectivity index (χ4v) is 3.08. The number of nitrogens with zero attached hydrogens (tertiary/aromatic N) is 3. The lowest BCUT2D eigenvalue weighted by Gasteiger charge is -2.34. The highest BCUT2D eigenvalue weighted by molar-refractivity contribution is 5.94. The molecule has 7 nitrogen and oxygen atoms in total. The van der Waals surface area contributed by atoms with E-state index in [-0.39, 0.29) is 23.1 Å². The number of benzene rings is 1. The van der Waals surface area contributed by atoms with E-state index in [1.807, 2.05) is 0 Å². The molecule has 1 aliphatic rings. The number of ether oxygens (including phenoxy) is 1. The molecular weight excluding hydrogens is 327 g/mol. The number of likely N-dealkylation sites (tertiary alicyclic amines) is 1. The van der Waals surface area contributed by atoms with Crippen LogP contribution >= 0.6 is 0 Å². The summed E-state index contributed by atoms with van der Waals surface area (Å²) in [7, 11) is 1.57. The molecule has 0 radical (unpaired) electrons. The van der Waals surface area contributed by atoms with Crippen LogP contribution in [0, 0.1) is 5.82 Å². The number of aliphatic hydroxyl groups excluding tert-OH is 1. The van der Waals surface area contributed by atoms with Gasteiger partial charge in [-0.05, 0) is 31.4 Å². The van der Waals surface area contributed by atoms with Crippen LogP contribution < -0.4 is 0 Å². The highest BCUT2D eigenvalue weighted by Crippen LogP contribution is 2.30. The first-order valence-electron chi connectivity index (χ1n) is 8.24. The Morgan fingerprint density at radius 1 is 1.48 bits per heavy atom. The third-order valence-electron chi connectivity index (χ3n) is 4.36. The zero-order valence-electron chi connectivity index (χ0n) is 14.0. The van der Waals surface area contributed by atoms with Gasteiger partial charge in [-0.1, -0.05) is 6.07 Å². The first-order valence-corrected chi connectivity index (χ1v) is 8.24. The number of piperidine rings is 1. The first kappa shape index (κ1) is 17.5. The van der Waals surface area contributed by atoms with Crippen LogP contribution in [0.25, 0.3) is 0 Å². The minimum absolute atomic E-state index is 0.171. The van der Waals surface area contributed by atoms with Crippen LogP contribution in [0.3, 0.4) is 0 Å². The number of carbonyl (C=O) groups excluding carboxylic acids is 1. The highest BCUT2D eigenvalue weighted by Gasteiger charge is 2.31. The Bertz CT molecular complexity index is 749. The SMILES string of the molecule is COCc1nc([C@@H]2CCCCN2C(=O)c2ccc(CO)c(F)c2)n[nH]1. The molecule has 2 aromatic rings. The summed E-state index contributed by atoms with van der Waals surface area (Å²) in [6, 6.07) is 3.90. The van der Waals surface area contributed by atoms with Gasteiger partial charge < -0.3 is 14.7 Å². The van der Waals surface area contributed by atoms with Crippen molar-refractivity contribution < 1.29 is 19.0 Å². The van der Waals surface area contributed by atoms with Gasteiger partial charge in [-0.3, -0.25) is 9.89 Å². The van der Waals surface area contributed by atoms with E-state index in [4.69, 9.17) is 9.84 Å². The molecule has 1 aliphatic heterocycles. The molecule has 1 aromatic carbocycles. The molecule has 0 unspecified atom stereocenters. The summed E-state index contributed by atoms with van der Waals surface area (Å²) in [4.78, 5) is 19.0. The lowest BCUT2D eigenvalue weighted by Crippen LogP contribution is -2.39. The van der Waals surface area contributed by atoms with Crippen LogP contribution in [-0.2, 0) is 18.0 Å². The zero-order valence-corrected chi connectivity index (χ0v) is 14.0. The van der Waals surface area contributed by atoms with Crippen molar-refractivity contribution in [3.8, 4) is 0 Å². The van der Waals surface area contributed by atoms with Gasteiger partial charge in [-0.2, -0.15) is 5.10 Å². The molecule has 1 atom stereocenters. The largest absolute Gasteiger partial charge is 0.392 e. The predicted octanol–water partition coefficient (Wildman–Crippen LogP) is 1.95. The van der Waals surface area contributed by atoms with Gasteiger partial charge in [-0.15, -0.1) is 0 Å². The summed E-state index contributed by atoms with van der Waals surface area (Å²) in [5.41, 5.74) is 0.430. The molecule has 3 rings (SSSR count). The quantitative estimate of drug-likeness (QED) is 0.862. The molecule has 1 aromatic heterocycles. The molecule has 25 heavy (non-hydrogen) atoms. The molecule has 1 saturated heterocycles. The molecular formula is C17H21FN4O3. The van der Waals surface area contributed by atoms with Gasteiger partial charge in [0.05, 0.1) is 12.6 Å². The Hall–Kier alpha value is -2.32. The van der Waals surface area contributed by atoms with Crippen molar-refractivity contribution in [2.75, 3.05) is 13.7 Å². The molecule has 0 bridgehead atoms. The van der Waals surface area contributed by atoms with E-state index in [1.165, 1.54) is 18.2 Å². The summed E-state index contributed by atoms with van der Waals surface area (Å²) in [6.45, 7) is 0.495. The number of hydrogen-bond donors (Lipinski definition) is 2. The molecule has 0 saturated carbocycles. The van der Waals surface area contributed by atoms with E-state index >= 15 is 0 Å². The van der Waals surface area contributed by atoms with Crippen LogP contribution in [0.2, 0.25) is 0 Å². The van der Waals surface area contributed by atoms with E-state index in [0.29, 0.717) is 24.8 Å². The van der Waals surface area contributed by atoms with Crippen molar-refractivity contribution >= 4 is 5.91 Å². The van der Waals surface area contributed by atoms with Gasteiger partial charge >= 0.3 is 0 Å². The average molecular weight is 348 g/mol. The van der Waals surface area contributed by atoms with Crippen LogP contribution in [-0.4, -0.2) is 44.7 Å². The summed E-state index contributed by atoms with van der Waals surface area (Å²) in [5, 5.41) is 16.1. The number of aliphatic hydroxyl groups is 1. The van der Waals surface area contributed by atoms with Crippen molar-refractivity contribution in [1.29, 1.82) is 0 Å². The van der Waals surface area contributed by atoms with E-state index in [0.717, 1.165) is 19.3 Å². The molecule has 0 spiro atoms. The minimum atomic E-state index is -0.581. The molecule has 1 amide bonds. The number of rotatable bonds is 5. The number of nitrogens with one attached hydrogen (secondary N) is 1. The number of methoxy groups -OCH3 is 1. The first-order chi connectivity index (χ1) is 12.1. The third-order valence-corrected chi connectivity index (χ3v) is 4.36. The lowest BCUT2D eigenvalue weighted by molar-refractivity contribution is 0.0599. The number of H-pyrrole nitrogens is 1. The summed E-state index contributed by atoms with van der Waals surface area (Å²) >= 11 is 0. The fraction of sp³-hybridized carbons (Fsp3) is 0.471. The second-order valence-corrected chi connectivity index (χ2v) is 6.05. The molecule has 134 valence electrons. The number of aromatic nitrogens is 3. The molecule has 8 heteroatoms. The smallest absolute Gasteiger partial charge is 0.254 e. The van der Waals surface area contributed by atoms with E-state index in [1.54, 1.807) is 12.0 Å². The molecule has 1 fully saturated rings. The number of aromatic amines is 1. The van der Waals surface area contributed by atoms with Gasteiger partial charge in [0.15, 0.2) is 11.6 Å². The van der Waals surface area contributed by atoms with Crippen LogP contribution in [0.15, 0.2) is 18.2 Å². The van der Waals surface area contributed by atoms with Gasteiger partial charge in [0, 0.05) is 24.8 Å². The van der Waals surface area contributed by atoms with Crippen molar-refractivity contribution in [3.05, 3.63) is 46.8 Å². The maximum Gasteiger partial charge on any atom is 0.254 e. The number of carbonyl (C=O) groups is 1. The second-order valence-electron chi connectivity index (χ2n) is 6.05. The molecule has 2 heterocycles. The topological polar surface area (TPSA) is 91.3 Å². The highest BCUT2D eigenvalue weighted by atomic mass is 19.1. The van der Waals surface area contributed by atoms with E-state index in [2.05, 4.69) is 15.2 Å². The Kier molecular flexibility index (Phi) is 5.40. The summed E-state index contributed by atoms with van der Waals surface area (Å²) in [5.74, 6) is 0.315. The minimum Gasteiger partial charge on any atom is -0.392 e. The van der Waals surface area contributed by atoms with Gasteiger partial charge in [-0.25, -0.2) is 9.37 Å². The van der Waals surface area contributed by atoms with E-state index in [9.17, 15) is 9.18 Å². The number of amides is 1. The normalized spacial score (nSPS) is 17.7. The summed E-state index contributed by atoms with van der Waals surface area (Å²) < 4.78 is 18.9. The van der Waals surface area contributed by atoms with Crippen molar-refractivity contribution in [1.82, 2.24) is 20.1 Å². The Morgan fingerprint density at radius 3 is 3.04 bits per heavy atom.